The van der Waals surface area contributed by atoms with Gasteiger partial charge in [0.1, 0.15) is 34.0 Å². The lowest BCUT2D eigenvalue weighted by atomic mass is 10.1. The Kier molecular flexibility index (Phi) is 3.38. The molecule has 0 unspecified atom stereocenters. The Balaban J connectivity index is 1.95. The fourth-order valence-corrected chi connectivity index (χ4v) is 2.93. The molecule has 0 aliphatic heterocycles. The summed E-state index contributed by atoms with van der Waals surface area (Å²) in [7, 11) is 0. The van der Waals surface area contributed by atoms with Gasteiger partial charge in [0.15, 0.2) is 0 Å². The summed E-state index contributed by atoms with van der Waals surface area (Å²) in [4.78, 5) is 12.9. The molecule has 0 spiro atoms. The molecule has 120 valence electrons. The van der Waals surface area contributed by atoms with Gasteiger partial charge in [-0.2, -0.15) is 0 Å². The third-order valence-electron chi connectivity index (χ3n) is 4.02. The predicted molar refractivity (Wildman–Crippen MR) is 93.6 cm³/mol. The van der Waals surface area contributed by atoms with Gasteiger partial charge in [0, 0.05) is 11.5 Å². The van der Waals surface area contributed by atoms with E-state index < -0.39 is 0 Å². The number of aryl methyl sites for hydroxylation is 1. The van der Waals surface area contributed by atoms with E-state index in [2.05, 4.69) is 0 Å². The minimum Gasteiger partial charge on any atom is -0.494 e. The second kappa shape index (κ2) is 5.57. The molecule has 4 rings (SSSR count). The highest BCUT2D eigenvalue weighted by atomic mass is 16.5. The lowest BCUT2D eigenvalue weighted by Crippen LogP contribution is -2.07. The Morgan fingerprint density at radius 1 is 1.00 bits per heavy atom. The summed E-state index contributed by atoms with van der Waals surface area (Å²) in [6.45, 7) is 4.25. The van der Waals surface area contributed by atoms with E-state index in [4.69, 9.17) is 13.6 Å². The van der Waals surface area contributed by atoms with Crippen LogP contribution in [0.25, 0.3) is 33.3 Å². The number of fused-ring (bicyclic) bond motifs is 2. The highest BCUT2D eigenvalue weighted by Crippen LogP contribution is 2.30. The van der Waals surface area contributed by atoms with Crippen molar-refractivity contribution in [3.8, 4) is 17.1 Å². The largest absolute Gasteiger partial charge is 0.494 e. The van der Waals surface area contributed by atoms with Gasteiger partial charge in [0.05, 0.1) is 12.0 Å². The van der Waals surface area contributed by atoms with Crippen LogP contribution in [0.15, 0.2) is 62.2 Å². The Bertz CT molecular complexity index is 1070. The number of ether oxygens (including phenoxy) is 1. The first-order valence-electron chi connectivity index (χ1n) is 7.86. The van der Waals surface area contributed by atoms with Crippen molar-refractivity contribution >= 4 is 21.9 Å². The second-order valence-corrected chi connectivity index (χ2v) is 5.60. The summed E-state index contributed by atoms with van der Waals surface area (Å²) in [5.41, 5.74) is 1.63. The molecule has 0 aliphatic carbocycles. The molecule has 0 fully saturated rings. The van der Waals surface area contributed by atoms with Gasteiger partial charge in [-0.15, -0.1) is 0 Å². The van der Waals surface area contributed by atoms with Crippen molar-refractivity contribution in [3.05, 3.63) is 64.5 Å². The van der Waals surface area contributed by atoms with Crippen LogP contribution in [-0.4, -0.2) is 6.61 Å². The maximum Gasteiger partial charge on any atom is 0.203 e. The molecular formula is C20H16O4. The van der Waals surface area contributed by atoms with E-state index in [1.165, 1.54) is 0 Å². The Morgan fingerprint density at radius 2 is 1.83 bits per heavy atom. The minimum atomic E-state index is -0.101. The Labute approximate surface area is 138 Å². The highest BCUT2D eigenvalue weighted by molar-refractivity contribution is 5.87. The van der Waals surface area contributed by atoms with Gasteiger partial charge >= 0.3 is 0 Å². The Morgan fingerprint density at radius 3 is 2.62 bits per heavy atom. The molecule has 4 nitrogen and oxygen atoms in total. The number of para-hydroxylation sites is 1. The first kappa shape index (κ1) is 14.6. The van der Waals surface area contributed by atoms with Crippen molar-refractivity contribution < 1.29 is 13.6 Å². The summed E-state index contributed by atoms with van der Waals surface area (Å²) in [6, 6.07) is 14.8. The maximum atomic E-state index is 12.9. The SMILES string of the molecule is CCOc1ccc2c(=O)c(-c3cc4ccccc4o3)c(C)oc2c1. The fraction of sp³-hybridized carbons (Fsp3) is 0.150. The summed E-state index contributed by atoms with van der Waals surface area (Å²) in [5.74, 6) is 1.74. The normalized spacial score (nSPS) is 11.2. The number of rotatable bonds is 3. The number of benzene rings is 2. The summed E-state index contributed by atoms with van der Waals surface area (Å²) < 4.78 is 17.2. The van der Waals surface area contributed by atoms with Crippen molar-refractivity contribution in [1.29, 1.82) is 0 Å². The highest BCUT2D eigenvalue weighted by Gasteiger charge is 2.17. The third-order valence-corrected chi connectivity index (χ3v) is 4.02. The van der Waals surface area contributed by atoms with Gasteiger partial charge < -0.3 is 13.6 Å². The molecule has 2 aromatic carbocycles. The van der Waals surface area contributed by atoms with Crippen LogP contribution in [0.5, 0.6) is 5.75 Å². The average molecular weight is 320 g/mol. The quantitative estimate of drug-likeness (QED) is 0.538. The summed E-state index contributed by atoms with van der Waals surface area (Å²) in [5, 5.41) is 1.47. The monoisotopic (exact) mass is 320 g/mol. The molecule has 0 radical (unpaired) electrons. The second-order valence-electron chi connectivity index (χ2n) is 5.60. The molecule has 2 aromatic heterocycles. The summed E-state index contributed by atoms with van der Waals surface area (Å²) in [6.07, 6.45) is 0. The van der Waals surface area contributed by atoms with Gasteiger partial charge in [-0.1, -0.05) is 18.2 Å². The zero-order chi connectivity index (χ0) is 16.7. The van der Waals surface area contributed by atoms with Crippen LogP contribution in [-0.2, 0) is 0 Å². The van der Waals surface area contributed by atoms with E-state index in [1.54, 1.807) is 25.1 Å². The molecule has 4 aromatic rings. The molecule has 0 atom stereocenters. The first-order valence-corrected chi connectivity index (χ1v) is 7.86. The van der Waals surface area contributed by atoms with Crippen LogP contribution in [0.4, 0.5) is 0 Å². The van der Waals surface area contributed by atoms with E-state index in [0.717, 1.165) is 11.0 Å². The molecule has 0 amide bonds. The number of furan rings is 1. The molecular weight excluding hydrogens is 304 g/mol. The molecule has 24 heavy (non-hydrogen) atoms. The minimum absolute atomic E-state index is 0.101. The zero-order valence-electron chi connectivity index (χ0n) is 13.5. The zero-order valence-corrected chi connectivity index (χ0v) is 13.5. The maximum absolute atomic E-state index is 12.9. The van der Waals surface area contributed by atoms with Gasteiger partial charge in [-0.05, 0) is 38.1 Å². The van der Waals surface area contributed by atoms with E-state index in [1.807, 2.05) is 37.3 Å². The van der Waals surface area contributed by atoms with Crippen molar-refractivity contribution in [3.63, 3.8) is 0 Å². The molecule has 0 saturated heterocycles. The van der Waals surface area contributed by atoms with Gasteiger partial charge in [-0.3, -0.25) is 4.79 Å². The lowest BCUT2D eigenvalue weighted by Gasteiger charge is -2.07. The molecule has 0 N–H and O–H groups in total. The van der Waals surface area contributed by atoms with Crippen LogP contribution in [0, 0.1) is 6.92 Å². The van der Waals surface area contributed by atoms with E-state index in [0.29, 0.717) is 40.4 Å². The van der Waals surface area contributed by atoms with Crippen molar-refractivity contribution in [2.24, 2.45) is 0 Å². The van der Waals surface area contributed by atoms with Gasteiger partial charge in [0.2, 0.25) is 5.43 Å². The third kappa shape index (κ3) is 2.27. The topological polar surface area (TPSA) is 52.6 Å². The van der Waals surface area contributed by atoms with Crippen molar-refractivity contribution in [2.75, 3.05) is 6.61 Å². The smallest absolute Gasteiger partial charge is 0.203 e. The molecule has 0 aliphatic rings. The molecule has 4 heteroatoms. The Hall–Kier alpha value is -3.01. The van der Waals surface area contributed by atoms with Crippen LogP contribution in [0.3, 0.4) is 0 Å². The van der Waals surface area contributed by atoms with Gasteiger partial charge in [-0.25, -0.2) is 0 Å². The number of hydrogen-bond donors (Lipinski definition) is 0. The van der Waals surface area contributed by atoms with Crippen LogP contribution in [0.1, 0.15) is 12.7 Å². The predicted octanol–water partition coefficient (Wildman–Crippen LogP) is 4.91. The summed E-state index contributed by atoms with van der Waals surface area (Å²) >= 11 is 0. The first-order chi connectivity index (χ1) is 11.7. The molecule has 0 saturated carbocycles. The van der Waals surface area contributed by atoms with Gasteiger partial charge in [0.25, 0.3) is 0 Å². The number of hydrogen-bond acceptors (Lipinski definition) is 4. The van der Waals surface area contributed by atoms with Crippen LogP contribution >= 0.6 is 0 Å². The molecule has 2 heterocycles. The van der Waals surface area contributed by atoms with E-state index in [-0.39, 0.29) is 5.43 Å². The van der Waals surface area contributed by atoms with E-state index in [9.17, 15) is 4.79 Å². The molecule has 0 bridgehead atoms. The standard InChI is InChI=1S/C20H16O4/c1-3-22-14-8-9-15-17(11-14)23-12(2)19(20(15)21)18-10-13-6-4-5-7-16(13)24-18/h4-11H,3H2,1-2H3. The van der Waals surface area contributed by atoms with Crippen LogP contribution < -0.4 is 10.2 Å². The van der Waals surface area contributed by atoms with Crippen molar-refractivity contribution in [1.82, 2.24) is 0 Å². The average Bonchev–Trinajstić information content (AvgIpc) is 2.98. The van der Waals surface area contributed by atoms with Crippen LogP contribution in [0.2, 0.25) is 0 Å². The lowest BCUT2D eigenvalue weighted by molar-refractivity contribution is 0.340. The van der Waals surface area contributed by atoms with Crippen molar-refractivity contribution in [2.45, 2.75) is 13.8 Å². The van der Waals surface area contributed by atoms with E-state index >= 15 is 0 Å². The fourth-order valence-electron chi connectivity index (χ4n) is 2.93.